The van der Waals surface area contributed by atoms with Crippen molar-refractivity contribution in [2.75, 3.05) is 40.1 Å². The predicted molar refractivity (Wildman–Crippen MR) is 66.6 cm³/mol. The molecule has 0 unspecified atom stereocenters. The summed E-state index contributed by atoms with van der Waals surface area (Å²) in [6.07, 6.45) is 4.45. The van der Waals surface area contributed by atoms with E-state index in [0.717, 1.165) is 6.42 Å². The van der Waals surface area contributed by atoms with Gasteiger partial charge in [-0.1, -0.05) is 19.1 Å². The van der Waals surface area contributed by atoms with Crippen LogP contribution < -0.4 is 0 Å². The summed E-state index contributed by atoms with van der Waals surface area (Å²) in [5, 5.41) is 0. The van der Waals surface area contributed by atoms with Crippen molar-refractivity contribution in [3.8, 4) is 0 Å². The molecule has 0 aliphatic rings. The molecule has 16 heavy (non-hydrogen) atoms. The second-order valence-electron chi connectivity index (χ2n) is 3.89. The van der Waals surface area contributed by atoms with Crippen molar-refractivity contribution in [2.24, 2.45) is 5.41 Å². The molecule has 0 aromatic carbocycles. The molecule has 0 saturated heterocycles. The molecule has 94 valence electrons. The fraction of sp³-hybridized carbons (Fsp3) is 0.692. The Morgan fingerprint density at radius 3 is 1.81 bits per heavy atom. The van der Waals surface area contributed by atoms with Crippen molar-refractivity contribution in [3.63, 3.8) is 0 Å². The first-order valence-corrected chi connectivity index (χ1v) is 5.61. The van der Waals surface area contributed by atoms with Crippen molar-refractivity contribution in [3.05, 3.63) is 25.3 Å². The van der Waals surface area contributed by atoms with Gasteiger partial charge in [0.1, 0.15) is 0 Å². The SMILES string of the molecule is C=CCOCC(CC)(COC)COCC=C. The lowest BCUT2D eigenvalue weighted by Gasteiger charge is -2.31. The number of ether oxygens (including phenoxy) is 3. The van der Waals surface area contributed by atoms with Gasteiger partial charge in [0.15, 0.2) is 0 Å². The Hall–Kier alpha value is -0.640. The standard InChI is InChI=1S/C13H24O3/c1-5-8-15-11-13(7-3,10-14-4)12-16-9-6-2/h5-6H,1-2,7-12H2,3-4H3. The van der Waals surface area contributed by atoms with Gasteiger partial charge in [0.05, 0.1) is 33.0 Å². The number of hydrogen-bond acceptors (Lipinski definition) is 3. The largest absolute Gasteiger partial charge is 0.384 e. The molecule has 0 aliphatic heterocycles. The average molecular weight is 228 g/mol. The van der Waals surface area contributed by atoms with Gasteiger partial charge in [-0.25, -0.2) is 0 Å². The summed E-state index contributed by atoms with van der Waals surface area (Å²) in [6.45, 7) is 12.4. The second kappa shape index (κ2) is 9.58. The molecular formula is C13H24O3. The maximum absolute atomic E-state index is 5.52. The normalized spacial score (nSPS) is 11.4. The topological polar surface area (TPSA) is 27.7 Å². The van der Waals surface area contributed by atoms with Crippen molar-refractivity contribution in [1.29, 1.82) is 0 Å². The van der Waals surface area contributed by atoms with Gasteiger partial charge in [-0.3, -0.25) is 0 Å². The summed E-state index contributed by atoms with van der Waals surface area (Å²) in [4.78, 5) is 0. The third-order valence-electron chi connectivity index (χ3n) is 2.49. The summed E-state index contributed by atoms with van der Waals surface area (Å²) < 4.78 is 16.3. The van der Waals surface area contributed by atoms with Gasteiger partial charge in [-0.05, 0) is 6.42 Å². The minimum Gasteiger partial charge on any atom is -0.384 e. The monoisotopic (exact) mass is 228 g/mol. The maximum atomic E-state index is 5.52. The zero-order valence-electron chi connectivity index (χ0n) is 10.5. The minimum absolute atomic E-state index is 0.0687. The van der Waals surface area contributed by atoms with Crippen LogP contribution in [-0.2, 0) is 14.2 Å². The first-order chi connectivity index (χ1) is 7.74. The lowest BCUT2D eigenvalue weighted by molar-refractivity contribution is -0.0530. The van der Waals surface area contributed by atoms with Crippen LogP contribution in [0.25, 0.3) is 0 Å². The fourth-order valence-corrected chi connectivity index (χ4v) is 1.45. The van der Waals surface area contributed by atoms with Crippen LogP contribution in [0.5, 0.6) is 0 Å². The van der Waals surface area contributed by atoms with E-state index in [1.54, 1.807) is 19.3 Å². The highest BCUT2D eigenvalue weighted by atomic mass is 16.5. The third-order valence-corrected chi connectivity index (χ3v) is 2.49. The Morgan fingerprint density at radius 2 is 1.50 bits per heavy atom. The molecule has 0 saturated carbocycles. The molecule has 0 atom stereocenters. The summed E-state index contributed by atoms with van der Waals surface area (Å²) in [7, 11) is 1.70. The van der Waals surface area contributed by atoms with Gasteiger partial charge in [-0.2, -0.15) is 0 Å². The third kappa shape index (κ3) is 6.05. The molecule has 0 aliphatic carbocycles. The van der Waals surface area contributed by atoms with Crippen molar-refractivity contribution < 1.29 is 14.2 Å². The Kier molecular flexibility index (Phi) is 9.19. The van der Waals surface area contributed by atoms with Crippen LogP contribution in [0.15, 0.2) is 25.3 Å². The second-order valence-corrected chi connectivity index (χ2v) is 3.89. The van der Waals surface area contributed by atoms with E-state index in [0.29, 0.717) is 33.0 Å². The van der Waals surface area contributed by atoms with Crippen LogP contribution in [0, 0.1) is 5.41 Å². The number of hydrogen-bond donors (Lipinski definition) is 0. The molecule has 0 N–H and O–H groups in total. The van der Waals surface area contributed by atoms with Crippen LogP contribution in [0.1, 0.15) is 13.3 Å². The van der Waals surface area contributed by atoms with Gasteiger partial charge >= 0.3 is 0 Å². The average Bonchev–Trinajstić information content (AvgIpc) is 2.29. The van der Waals surface area contributed by atoms with E-state index in [1.807, 2.05) is 0 Å². The first-order valence-electron chi connectivity index (χ1n) is 5.61. The van der Waals surface area contributed by atoms with E-state index in [4.69, 9.17) is 14.2 Å². The summed E-state index contributed by atoms with van der Waals surface area (Å²) in [5.74, 6) is 0. The molecule has 0 bridgehead atoms. The van der Waals surface area contributed by atoms with E-state index in [-0.39, 0.29) is 5.41 Å². The smallest absolute Gasteiger partial charge is 0.0645 e. The van der Waals surface area contributed by atoms with Crippen LogP contribution in [0.4, 0.5) is 0 Å². The van der Waals surface area contributed by atoms with E-state index >= 15 is 0 Å². The zero-order chi connectivity index (χ0) is 12.3. The van der Waals surface area contributed by atoms with Crippen molar-refractivity contribution >= 4 is 0 Å². The molecule has 0 radical (unpaired) electrons. The summed E-state index contributed by atoms with van der Waals surface area (Å²) in [5.41, 5.74) is -0.0687. The lowest BCUT2D eigenvalue weighted by Crippen LogP contribution is -2.36. The Morgan fingerprint density at radius 1 is 1.00 bits per heavy atom. The quantitative estimate of drug-likeness (QED) is 0.401. The van der Waals surface area contributed by atoms with E-state index in [1.165, 1.54) is 0 Å². The van der Waals surface area contributed by atoms with Crippen LogP contribution in [0.3, 0.4) is 0 Å². The first kappa shape index (κ1) is 15.4. The summed E-state index contributed by atoms with van der Waals surface area (Å²) in [6, 6.07) is 0. The molecule has 0 spiro atoms. The molecule has 0 aromatic heterocycles. The summed E-state index contributed by atoms with van der Waals surface area (Å²) >= 11 is 0. The van der Waals surface area contributed by atoms with Gasteiger partial charge in [0.2, 0.25) is 0 Å². The van der Waals surface area contributed by atoms with E-state index in [2.05, 4.69) is 20.1 Å². The number of rotatable bonds is 11. The molecule has 0 aromatic rings. The van der Waals surface area contributed by atoms with Gasteiger partial charge in [0, 0.05) is 12.5 Å². The molecule has 0 heterocycles. The highest BCUT2D eigenvalue weighted by Crippen LogP contribution is 2.23. The van der Waals surface area contributed by atoms with E-state index < -0.39 is 0 Å². The molecule has 3 heteroatoms. The van der Waals surface area contributed by atoms with E-state index in [9.17, 15) is 0 Å². The zero-order valence-corrected chi connectivity index (χ0v) is 10.5. The molecule has 0 amide bonds. The highest BCUT2D eigenvalue weighted by molar-refractivity contribution is 4.79. The van der Waals surface area contributed by atoms with Gasteiger partial charge in [0.25, 0.3) is 0 Å². The maximum Gasteiger partial charge on any atom is 0.0645 e. The molecular weight excluding hydrogens is 204 g/mol. The Bertz CT molecular complexity index is 176. The predicted octanol–water partition coefficient (Wildman–Crippen LogP) is 2.43. The van der Waals surface area contributed by atoms with Gasteiger partial charge < -0.3 is 14.2 Å². The molecule has 3 nitrogen and oxygen atoms in total. The number of methoxy groups -OCH3 is 1. The minimum atomic E-state index is -0.0687. The van der Waals surface area contributed by atoms with Crippen LogP contribution in [-0.4, -0.2) is 40.1 Å². The van der Waals surface area contributed by atoms with Crippen LogP contribution in [0.2, 0.25) is 0 Å². The lowest BCUT2D eigenvalue weighted by atomic mass is 9.88. The Labute approximate surface area is 99.1 Å². The van der Waals surface area contributed by atoms with Crippen molar-refractivity contribution in [1.82, 2.24) is 0 Å². The molecule has 0 rings (SSSR count). The highest BCUT2D eigenvalue weighted by Gasteiger charge is 2.29. The fourth-order valence-electron chi connectivity index (χ4n) is 1.45. The van der Waals surface area contributed by atoms with Crippen LogP contribution >= 0.6 is 0 Å². The Balaban J connectivity index is 4.18. The van der Waals surface area contributed by atoms with Crippen molar-refractivity contribution in [2.45, 2.75) is 13.3 Å². The molecule has 0 fully saturated rings. The van der Waals surface area contributed by atoms with Gasteiger partial charge in [-0.15, -0.1) is 13.2 Å².